The van der Waals surface area contributed by atoms with Crippen LogP contribution in [0.5, 0.6) is 5.75 Å². The van der Waals surface area contributed by atoms with Gasteiger partial charge in [0.25, 0.3) is 0 Å². The fourth-order valence-electron chi connectivity index (χ4n) is 2.22. The van der Waals surface area contributed by atoms with E-state index in [-0.39, 0.29) is 6.10 Å². The molecule has 0 saturated heterocycles. The van der Waals surface area contributed by atoms with Gasteiger partial charge in [-0.1, -0.05) is 48.0 Å². The van der Waals surface area contributed by atoms with E-state index in [1.54, 1.807) is 0 Å². The van der Waals surface area contributed by atoms with E-state index >= 15 is 0 Å². The molecule has 0 heterocycles. The van der Waals surface area contributed by atoms with Crippen LogP contribution in [0.4, 0.5) is 0 Å². The summed E-state index contributed by atoms with van der Waals surface area (Å²) >= 11 is 0. The van der Waals surface area contributed by atoms with Gasteiger partial charge >= 0.3 is 0 Å². The van der Waals surface area contributed by atoms with Crippen molar-refractivity contribution in [1.82, 2.24) is 0 Å². The summed E-state index contributed by atoms with van der Waals surface area (Å²) in [5.41, 5.74) is 8.06. The second kappa shape index (κ2) is 7.71. The first-order valence-electron chi connectivity index (χ1n) is 7.28. The Balaban J connectivity index is 2.07. The molecular formula is C18H23NO. The van der Waals surface area contributed by atoms with Gasteiger partial charge in [-0.05, 0) is 50.4 Å². The second-order valence-electron chi connectivity index (χ2n) is 5.11. The minimum Gasteiger partial charge on any atom is -0.486 e. The standard InChI is InChI=1S/C18H23NO/c1-15-10-12-17(13-11-15)20-18(9-5-6-14-19)16-7-3-2-4-8-16/h2-4,7-8,10-13,18H,5-6,9,14,19H2,1H3/t18-/m1/s1. The highest BCUT2D eigenvalue weighted by Gasteiger charge is 2.12. The Morgan fingerprint density at radius 1 is 0.950 bits per heavy atom. The van der Waals surface area contributed by atoms with E-state index < -0.39 is 0 Å². The van der Waals surface area contributed by atoms with E-state index in [1.807, 2.05) is 18.2 Å². The first kappa shape index (κ1) is 14.6. The summed E-state index contributed by atoms with van der Waals surface area (Å²) in [5.74, 6) is 0.928. The van der Waals surface area contributed by atoms with E-state index in [2.05, 4.69) is 43.3 Å². The van der Waals surface area contributed by atoms with Crippen molar-refractivity contribution >= 4 is 0 Å². The van der Waals surface area contributed by atoms with Crippen LogP contribution >= 0.6 is 0 Å². The first-order valence-corrected chi connectivity index (χ1v) is 7.28. The Morgan fingerprint density at radius 3 is 2.30 bits per heavy atom. The number of benzene rings is 2. The van der Waals surface area contributed by atoms with Crippen molar-refractivity contribution in [2.24, 2.45) is 5.73 Å². The molecule has 0 bridgehead atoms. The quantitative estimate of drug-likeness (QED) is 0.763. The first-order chi connectivity index (χ1) is 9.79. The fraction of sp³-hybridized carbons (Fsp3) is 0.333. The lowest BCUT2D eigenvalue weighted by atomic mass is 10.0. The van der Waals surface area contributed by atoms with Crippen LogP contribution in [-0.2, 0) is 0 Å². The molecule has 20 heavy (non-hydrogen) atoms. The molecule has 2 nitrogen and oxygen atoms in total. The molecule has 0 aliphatic rings. The molecule has 106 valence electrons. The van der Waals surface area contributed by atoms with Gasteiger partial charge in [0, 0.05) is 0 Å². The van der Waals surface area contributed by atoms with Gasteiger partial charge in [0.05, 0.1) is 0 Å². The maximum Gasteiger partial charge on any atom is 0.124 e. The molecule has 2 heteroatoms. The van der Waals surface area contributed by atoms with Crippen LogP contribution in [0.1, 0.15) is 36.5 Å². The zero-order chi connectivity index (χ0) is 14.2. The monoisotopic (exact) mass is 269 g/mol. The van der Waals surface area contributed by atoms with Crippen molar-refractivity contribution in [2.45, 2.75) is 32.3 Å². The van der Waals surface area contributed by atoms with Gasteiger partial charge in [0.1, 0.15) is 11.9 Å². The van der Waals surface area contributed by atoms with Gasteiger partial charge in [-0.25, -0.2) is 0 Å². The van der Waals surface area contributed by atoms with Crippen molar-refractivity contribution in [2.75, 3.05) is 6.54 Å². The van der Waals surface area contributed by atoms with Crippen LogP contribution < -0.4 is 10.5 Å². The van der Waals surface area contributed by atoms with Crippen LogP contribution in [0.15, 0.2) is 54.6 Å². The summed E-state index contributed by atoms with van der Waals surface area (Å²) in [6, 6.07) is 18.6. The molecule has 0 aromatic heterocycles. The van der Waals surface area contributed by atoms with Crippen LogP contribution in [-0.4, -0.2) is 6.54 Å². The summed E-state index contributed by atoms with van der Waals surface area (Å²) < 4.78 is 6.16. The molecule has 2 N–H and O–H groups in total. The Hall–Kier alpha value is -1.80. The van der Waals surface area contributed by atoms with E-state index in [9.17, 15) is 0 Å². The third kappa shape index (κ3) is 4.39. The molecule has 0 aliphatic heterocycles. The van der Waals surface area contributed by atoms with Gasteiger partial charge in [0.2, 0.25) is 0 Å². The molecule has 0 fully saturated rings. The highest BCUT2D eigenvalue weighted by molar-refractivity contribution is 5.28. The Labute approximate surface area is 121 Å². The van der Waals surface area contributed by atoms with Crippen molar-refractivity contribution in [1.29, 1.82) is 0 Å². The maximum absolute atomic E-state index is 6.16. The third-order valence-corrected chi connectivity index (χ3v) is 3.39. The van der Waals surface area contributed by atoms with E-state index in [4.69, 9.17) is 10.5 Å². The SMILES string of the molecule is Cc1ccc(O[C@H](CCCCN)c2ccccc2)cc1. The Morgan fingerprint density at radius 2 is 1.65 bits per heavy atom. The van der Waals surface area contributed by atoms with Crippen LogP contribution in [0, 0.1) is 6.92 Å². The molecule has 2 aromatic carbocycles. The summed E-state index contributed by atoms with van der Waals surface area (Å²) in [5, 5.41) is 0. The number of aryl methyl sites for hydroxylation is 1. The molecule has 0 radical (unpaired) electrons. The summed E-state index contributed by atoms with van der Waals surface area (Å²) in [6.07, 6.45) is 3.22. The van der Waals surface area contributed by atoms with Gasteiger partial charge in [-0.2, -0.15) is 0 Å². The van der Waals surface area contributed by atoms with Gasteiger partial charge in [0.15, 0.2) is 0 Å². The van der Waals surface area contributed by atoms with Crippen molar-refractivity contribution in [3.05, 3.63) is 65.7 Å². The zero-order valence-electron chi connectivity index (χ0n) is 12.1. The lowest BCUT2D eigenvalue weighted by molar-refractivity contribution is 0.191. The number of unbranched alkanes of at least 4 members (excludes halogenated alkanes) is 1. The van der Waals surface area contributed by atoms with Crippen LogP contribution in [0.3, 0.4) is 0 Å². The predicted molar refractivity (Wildman–Crippen MR) is 83.9 cm³/mol. The molecule has 0 aliphatic carbocycles. The zero-order valence-corrected chi connectivity index (χ0v) is 12.1. The third-order valence-electron chi connectivity index (χ3n) is 3.39. The highest BCUT2D eigenvalue weighted by atomic mass is 16.5. The topological polar surface area (TPSA) is 35.2 Å². The molecule has 2 rings (SSSR count). The Bertz CT molecular complexity index is 493. The van der Waals surface area contributed by atoms with Gasteiger partial charge in [-0.15, -0.1) is 0 Å². The van der Waals surface area contributed by atoms with E-state index in [0.29, 0.717) is 0 Å². The van der Waals surface area contributed by atoms with Crippen molar-refractivity contribution in [3.63, 3.8) is 0 Å². The van der Waals surface area contributed by atoms with Crippen LogP contribution in [0.25, 0.3) is 0 Å². The summed E-state index contributed by atoms with van der Waals surface area (Å²) in [6.45, 7) is 2.83. The largest absolute Gasteiger partial charge is 0.486 e. The van der Waals surface area contributed by atoms with Crippen molar-refractivity contribution in [3.8, 4) is 5.75 Å². The fourth-order valence-corrected chi connectivity index (χ4v) is 2.22. The average molecular weight is 269 g/mol. The number of nitrogens with two attached hydrogens (primary N) is 1. The molecule has 2 aromatic rings. The average Bonchev–Trinajstić information content (AvgIpc) is 2.49. The maximum atomic E-state index is 6.16. The minimum absolute atomic E-state index is 0.102. The van der Waals surface area contributed by atoms with Gasteiger partial charge < -0.3 is 10.5 Å². The van der Waals surface area contributed by atoms with E-state index in [0.717, 1.165) is 31.6 Å². The lowest BCUT2D eigenvalue weighted by Gasteiger charge is -2.19. The lowest BCUT2D eigenvalue weighted by Crippen LogP contribution is -2.09. The summed E-state index contributed by atoms with van der Waals surface area (Å²) in [7, 11) is 0. The smallest absolute Gasteiger partial charge is 0.124 e. The number of rotatable bonds is 7. The molecule has 0 spiro atoms. The van der Waals surface area contributed by atoms with E-state index in [1.165, 1.54) is 11.1 Å². The van der Waals surface area contributed by atoms with Gasteiger partial charge in [-0.3, -0.25) is 0 Å². The number of hydrogen-bond donors (Lipinski definition) is 1. The minimum atomic E-state index is 0.102. The molecule has 0 amide bonds. The number of hydrogen-bond acceptors (Lipinski definition) is 2. The predicted octanol–water partition coefficient (Wildman–Crippen LogP) is 4.24. The number of ether oxygens (including phenoxy) is 1. The molecule has 0 unspecified atom stereocenters. The summed E-state index contributed by atoms with van der Waals surface area (Å²) in [4.78, 5) is 0. The highest BCUT2D eigenvalue weighted by Crippen LogP contribution is 2.26. The second-order valence-corrected chi connectivity index (χ2v) is 5.11. The van der Waals surface area contributed by atoms with Crippen molar-refractivity contribution < 1.29 is 4.74 Å². The van der Waals surface area contributed by atoms with Crippen LogP contribution in [0.2, 0.25) is 0 Å². The molecule has 1 atom stereocenters. The Kier molecular flexibility index (Phi) is 5.63. The molecule has 0 saturated carbocycles. The normalized spacial score (nSPS) is 12.1. The molecular weight excluding hydrogens is 246 g/mol.